The molecule has 0 unspecified atom stereocenters. The van der Waals surface area contributed by atoms with Gasteiger partial charge in [-0.25, -0.2) is 0 Å². The molecule has 0 saturated heterocycles. The van der Waals surface area contributed by atoms with Crippen LogP contribution in [0.3, 0.4) is 0 Å². The second kappa shape index (κ2) is 18.1. The monoisotopic (exact) mass is 357 g/mol. The molecule has 3 heteroatoms. The largest absolute Gasteiger partial charge is 0.331 e. The molecule has 2 rings (SSSR count). The van der Waals surface area contributed by atoms with Crippen LogP contribution in [0.25, 0.3) is 0 Å². The second-order valence-electron chi connectivity index (χ2n) is 5.90. The molecular weight excluding hydrogens is 318 g/mol. The van der Waals surface area contributed by atoms with E-state index in [0.717, 1.165) is 38.8 Å². The maximum absolute atomic E-state index is 5.63. The summed E-state index contributed by atoms with van der Waals surface area (Å²) in [5.41, 5.74) is 13.3. The van der Waals surface area contributed by atoms with E-state index in [2.05, 4.69) is 66.0 Å². The van der Waals surface area contributed by atoms with Gasteiger partial charge in [-0.2, -0.15) is 0 Å². The summed E-state index contributed by atoms with van der Waals surface area (Å²) < 4.78 is 0. The Kier molecular flexibility index (Phi) is 17.0. The smallest absolute Gasteiger partial charge is 0.00771 e. The lowest BCUT2D eigenvalue weighted by Crippen LogP contribution is -2.34. The average Bonchev–Trinajstić information content (AvgIpc) is 2.71. The number of benzene rings is 2. The van der Waals surface area contributed by atoms with Gasteiger partial charge in [0.25, 0.3) is 0 Å². The highest BCUT2D eigenvalue weighted by Crippen LogP contribution is 2.11. The molecule has 0 bridgehead atoms. The van der Waals surface area contributed by atoms with E-state index in [-0.39, 0.29) is 0 Å². The van der Waals surface area contributed by atoms with E-state index in [4.69, 9.17) is 11.5 Å². The summed E-state index contributed by atoms with van der Waals surface area (Å²) in [7, 11) is 0. The summed E-state index contributed by atoms with van der Waals surface area (Å²) in [4.78, 5) is 0. The summed E-state index contributed by atoms with van der Waals surface area (Å²) in [6.07, 6.45) is 4.57. The van der Waals surface area contributed by atoms with Crippen LogP contribution >= 0.6 is 0 Å². The highest BCUT2D eigenvalue weighted by molar-refractivity contribution is 5.16. The van der Waals surface area contributed by atoms with E-state index in [1.807, 2.05) is 20.8 Å². The van der Waals surface area contributed by atoms with Gasteiger partial charge >= 0.3 is 0 Å². The number of rotatable bonds is 9. The molecule has 26 heavy (non-hydrogen) atoms. The zero-order chi connectivity index (χ0) is 19.5. The molecule has 0 aliphatic rings. The quantitative estimate of drug-likeness (QED) is 0.631. The van der Waals surface area contributed by atoms with E-state index >= 15 is 0 Å². The highest BCUT2D eigenvalue weighted by atomic mass is 14.9. The van der Waals surface area contributed by atoms with Crippen molar-refractivity contribution in [2.75, 3.05) is 19.6 Å². The van der Waals surface area contributed by atoms with Crippen molar-refractivity contribution in [2.24, 2.45) is 11.5 Å². The first kappa shape index (κ1) is 24.3. The van der Waals surface area contributed by atoms with Crippen molar-refractivity contribution >= 4 is 0 Å². The molecule has 2 aromatic carbocycles. The van der Waals surface area contributed by atoms with Crippen LogP contribution in [0.2, 0.25) is 0 Å². The van der Waals surface area contributed by atoms with E-state index < -0.39 is 0 Å². The van der Waals surface area contributed by atoms with Crippen molar-refractivity contribution in [1.82, 2.24) is 5.32 Å². The van der Waals surface area contributed by atoms with E-state index in [0.29, 0.717) is 12.6 Å². The Hall–Kier alpha value is -1.68. The number of aryl methyl sites for hydroxylation is 2. The fourth-order valence-electron chi connectivity index (χ4n) is 2.61. The number of hydrogen-bond donors (Lipinski definition) is 3. The van der Waals surface area contributed by atoms with Gasteiger partial charge in [-0.1, -0.05) is 81.4 Å². The van der Waals surface area contributed by atoms with Crippen molar-refractivity contribution in [2.45, 2.75) is 52.5 Å². The lowest BCUT2D eigenvalue weighted by atomic mass is 9.99. The molecule has 2 aromatic rings. The van der Waals surface area contributed by atoms with Crippen molar-refractivity contribution < 1.29 is 0 Å². The minimum atomic E-state index is 0.536. The van der Waals surface area contributed by atoms with Crippen LogP contribution in [0.4, 0.5) is 0 Å². The Morgan fingerprint density at radius 3 is 1.50 bits per heavy atom. The molecule has 146 valence electrons. The van der Waals surface area contributed by atoms with Crippen LogP contribution < -0.4 is 16.8 Å². The molecule has 0 aliphatic carbocycles. The Balaban J connectivity index is 0.00000113. The molecule has 0 atom stereocenters. The van der Waals surface area contributed by atoms with Gasteiger partial charge < -0.3 is 16.8 Å². The first-order chi connectivity index (χ1) is 12.8. The third kappa shape index (κ3) is 12.6. The lowest BCUT2D eigenvalue weighted by molar-refractivity contribution is 0.458. The number of hydrogen-bond acceptors (Lipinski definition) is 3. The molecule has 0 spiro atoms. The van der Waals surface area contributed by atoms with Crippen molar-refractivity contribution in [1.29, 1.82) is 0 Å². The molecule has 5 N–H and O–H groups in total. The van der Waals surface area contributed by atoms with Crippen molar-refractivity contribution in [3.8, 4) is 0 Å². The first-order valence-corrected chi connectivity index (χ1v) is 10.0. The third-order valence-corrected chi connectivity index (χ3v) is 3.83. The van der Waals surface area contributed by atoms with Crippen molar-refractivity contribution in [3.63, 3.8) is 0 Å². The second-order valence-corrected chi connectivity index (χ2v) is 5.90. The van der Waals surface area contributed by atoms with Crippen LogP contribution in [0, 0.1) is 0 Å². The zero-order valence-corrected chi connectivity index (χ0v) is 17.0. The predicted molar refractivity (Wildman–Crippen MR) is 116 cm³/mol. The first-order valence-electron chi connectivity index (χ1n) is 10.0. The van der Waals surface area contributed by atoms with Gasteiger partial charge in [0.1, 0.15) is 0 Å². The minimum Gasteiger partial charge on any atom is -0.331 e. The number of nitrogens with two attached hydrogens (primary N) is 2. The molecule has 0 saturated carbocycles. The summed E-state index contributed by atoms with van der Waals surface area (Å²) in [5, 5.41) is 3.58. The molecule has 0 fully saturated rings. The van der Waals surface area contributed by atoms with Gasteiger partial charge in [-0.3, -0.25) is 0 Å². The SMILES string of the molecule is CC.CCN.NCCNC(CCc1ccccc1)CCc1ccccc1. The summed E-state index contributed by atoms with van der Waals surface area (Å²) in [5.74, 6) is 0. The standard InChI is InChI=1S/C19H26N2.C2H7N.C2H6/c20-15-16-21-19(13-11-17-7-3-1-4-8-17)14-12-18-9-5-2-6-10-18;1-2-3;1-2/h1-10,19,21H,11-16,20H2;2-3H2,1H3;1-2H3. The zero-order valence-electron chi connectivity index (χ0n) is 17.0. The van der Waals surface area contributed by atoms with Gasteiger partial charge in [0.2, 0.25) is 0 Å². The molecule has 0 heterocycles. The molecule has 0 amide bonds. The third-order valence-electron chi connectivity index (χ3n) is 3.83. The van der Waals surface area contributed by atoms with Crippen LogP contribution in [0.1, 0.15) is 44.7 Å². The minimum absolute atomic E-state index is 0.536. The molecule has 3 nitrogen and oxygen atoms in total. The fourth-order valence-corrected chi connectivity index (χ4v) is 2.61. The van der Waals surface area contributed by atoms with Crippen LogP contribution in [-0.2, 0) is 12.8 Å². The average molecular weight is 358 g/mol. The summed E-state index contributed by atoms with van der Waals surface area (Å²) in [6.45, 7) is 8.25. The van der Waals surface area contributed by atoms with Gasteiger partial charge in [-0.15, -0.1) is 0 Å². The van der Waals surface area contributed by atoms with Crippen molar-refractivity contribution in [3.05, 3.63) is 71.8 Å². The Morgan fingerprint density at radius 2 is 1.15 bits per heavy atom. The summed E-state index contributed by atoms with van der Waals surface area (Å²) >= 11 is 0. The van der Waals surface area contributed by atoms with Crippen LogP contribution in [0.15, 0.2) is 60.7 Å². The van der Waals surface area contributed by atoms with E-state index in [1.54, 1.807) is 0 Å². The fraction of sp³-hybridized carbons (Fsp3) is 0.478. The van der Waals surface area contributed by atoms with E-state index in [9.17, 15) is 0 Å². The van der Waals surface area contributed by atoms with Gasteiger partial charge in [0, 0.05) is 19.1 Å². The molecule has 0 aliphatic heterocycles. The highest BCUT2D eigenvalue weighted by Gasteiger charge is 2.08. The topological polar surface area (TPSA) is 64.1 Å². The molecular formula is C23H39N3. The maximum atomic E-state index is 5.63. The Labute approximate surface area is 161 Å². The maximum Gasteiger partial charge on any atom is 0.00771 e. The van der Waals surface area contributed by atoms with Crippen LogP contribution in [-0.4, -0.2) is 25.7 Å². The molecule has 0 radical (unpaired) electrons. The Bertz CT molecular complexity index is 456. The number of nitrogens with one attached hydrogen (secondary N) is 1. The lowest BCUT2D eigenvalue weighted by Gasteiger charge is -2.18. The van der Waals surface area contributed by atoms with Gasteiger partial charge in [0.05, 0.1) is 0 Å². The van der Waals surface area contributed by atoms with Crippen LogP contribution in [0.5, 0.6) is 0 Å². The predicted octanol–water partition coefficient (Wildman–Crippen LogP) is 4.16. The van der Waals surface area contributed by atoms with Gasteiger partial charge in [0.15, 0.2) is 0 Å². The normalized spacial score (nSPS) is 9.77. The van der Waals surface area contributed by atoms with Gasteiger partial charge in [-0.05, 0) is 43.4 Å². The van der Waals surface area contributed by atoms with E-state index in [1.165, 1.54) is 11.1 Å². The Morgan fingerprint density at radius 1 is 0.769 bits per heavy atom. The summed E-state index contributed by atoms with van der Waals surface area (Å²) in [6, 6.07) is 22.0. The molecule has 0 aromatic heterocycles.